The van der Waals surface area contributed by atoms with Crippen LogP contribution in [0.1, 0.15) is 24.8 Å². The molecule has 3 heterocycles. The molecule has 0 bridgehead atoms. The molecule has 0 spiro atoms. The number of amides is 4. The fraction of sp³-hybridized carbons (Fsp3) is 0.227. The summed E-state index contributed by atoms with van der Waals surface area (Å²) >= 11 is 0. The smallest absolute Gasteiger partial charge is 0.324 e. The number of urea groups is 1. The van der Waals surface area contributed by atoms with Crippen molar-refractivity contribution in [1.82, 2.24) is 19.9 Å². The summed E-state index contributed by atoms with van der Waals surface area (Å²) in [6.07, 6.45) is 5.26. The van der Waals surface area contributed by atoms with Gasteiger partial charge in [-0.25, -0.2) is 9.78 Å². The minimum Gasteiger partial charge on any atom is -0.497 e. The predicted molar refractivity (Wildman–Crippen MR) is 121 cm³/mol. The molecule has 2 aromatic heterocycles. The van der Waals surface area contributed by atoms with Crippen molar-refractivity contribution in [2.24, 2.45) is 0 Å². The Morgan fingerprint density at radius 2 is 2.09 bits per heavy atom. The first kappa shape index (κ1) is 20.5. The lowest BCUT2D eigenvalue weighted by atomic mass is 10.1. The molecule has 4 N–H and O–H groups in total. The molecule has 1 aliphatic carbocycles. The van der Waals surface area contributed by atoms with Crippen LogP contribution < -0.4 is 26.0 Å². The van der Waals surface area contributed by atoms with Crippen LogP contribution in [0.4, 0.5) is 22.1 Å². The Bertz CT molecular complexity index is 1310. The fourth-order valence-corrected chi connectivity index (χ4v) is 3.47. The topological polar surface area (TPSA) is 139 Å². The van der Waals surface area contributed by atoms with Gasteiger partial charge in [0.05, 0.1) is 19.7 Å². The zero-order chi connectivity index (χ0) is 22.9. The largest absolute Gasteiger partial charge is 0.497 e. The van der Waals surface area contributed by atoms with Crippen molar-refractivity contribution in [3.8, 4) is 5.75 Å². The van der Waals surface area contributed by atoms with E-state index in [-0.39, 0.29) is 12.3 Å². The van der Waals surface area contributed by atoms with Gasteiger partial charge in [0, 0.05) is 35.0 Å². The maximum absolute atomic E-state index is 12.6. The van der Waals surface area contributed by atoms with E-state index < -0.39 is 11.9 Å². The summed E-state index contributed by atoms with van der Waals surface area (Å²) in [5.41, 5.74) is 1.90. The number of benzene rings is 1. The van der Waals surface area contributed by atoms with Crippen molar-refractivity contribution >= 4 is 46.9 Å². The first-order chi connectivity index (χ1) is 16.0. The van der Waals surface area contributed by atoms with Crippen molar-refractivity contribution in [2.45, 2.75) is 25.3 Å². The molecular weight excluding hydrogens is 426 g/mol. The Labute approximate surface area is 188 Å². The summed E-state index contributed by atoms with van der Waals surface area (Å²) in [5.74, 6) is 0.814. The third kappa shape index (κ3) is 4.47. The van der Waals surface area contributed by atoms with E-state index in [1.165, 1.54) is 0 Å². The monoisotopic (exact) mass is 447 g/mol. The summed E-state index contributed by atoms with van der Waals surface area (Å²) in [6.45, 7) is 0. The average molecular weight is 447 g/mol. The molecule has 1 aromatic carbocycles. The number of methoxy groups -OCH3 is 1. The highest BCUT2D eigenvalue weighted by Gasteiger charge is 2.26. The first-order valence-electron chi connectivity index (χ1n) is 10.4. The van der Waals surface area contributed by atoms with Crippen LogP contribution in [0, 0.1) is 0 Å². The number of nitrogens with one attached hydrogen (secondary N) is 4. The van der Waals surface area contributed by atoms with Gasteiger partial charge in [-0.1, -0.05) is 6.07 Å². The third-order valence-corrected chi connectivity index (χ3v) is 5.22. The maximum atomic E-state index is 12.6. The fourth-order valence-electron chi connectivity index (χ4n) is 3.47. The Morgan fingerprint density at radius 3 is 2.82 bits per heavy atom. The van der Waals surface area contributed by atoms with E-state index in [9.17, 15) is 14.4 Å². The van der Waals surface area contributed by atoms with E-state index >= 15 is 0 Å². The second-order valence-corrected chi connectivity index (χ2v) is 7.82. The van der Waals surface area contributed by atoms with Crippen LogP contribution in [0.3, 0.4) is 0 Å². The highest BCUT2D eigenvalue weighted by molar-refractivity contribution is 6.15. The summed E-state index contributed by atoms with van der Waals surface area (Å²) in [5, 5.41) is 15.5. The lowest BCUT2D eigenvalue weighted by Crippen LogP contribution is -2.21. The van der Waals surface area contributed by atoms with Gasteiger partial charge in [0.2, 0.25) is 5.91 Å². The van der Waals surface area contributed by atoms with Crippen LogP contribution in [0.15, 0.2) is 42.1 Å². The number of carbonyl (C=O) groups excluding carboxylic acids is 3. The quantitative estimate of drug-likeness (QED) is 0.336. The minimum absolute atomic E-state index is 0.00421. The van der Waals surface area contributed by atoms with Gasteiger partial charge in [-0.2, -0.15) is 9.61 Å². The van der Waals surface area contributed by atoms with E-state index in [0.29, 0.717) is 45.9 Å². The zero-order valence-electron chi connectivity index (χ0n) is 17.7. The molecule has 0 radical (unpaired) electrons. The molecule has 5 rings (SSSR count). The number of ether oxygens (including phenoxy) is 1. The van der Waals surface area contributed by atoms with Crippen molar-refractivity contribution in [3.63, 3.8) is 0 Å². The molecule has 1 saturated heterocycles. The third-order valence-electron chi connectivity index (χ3n) is 5.22. The highest BCUT2D eigenvalue weighted by atomic mass is 16.5. The maximum Gasteiger partial charge on any atom is 0.324 e. The van der Waals surface area contributed by atoms with Crippen LogP contribution in [0.5, 0.6) is 5.75 Å². The van der Waals surface area contributed by atoms with Crippen molar-refractivity contribution < 1.29 is 19.1 Å². The van der Waals surface area contributed by atoms with Crippen LogP contribution in [-0.4, -0.2) is 45.6 Å². The number of hydrogen-bond acceptors (Lipinski definition) is 7. The molecule has 33 heavy (non-hydrogen) atoms. The number of aromatic nitrogens is 3. The van der Waals surface area contributed by atoms with E-state index in [1.54, 1.807) is 54.2 Å². The highest BCUT2D eigenvalue weighted by Crippen LogP contribution is 2.28. The number of rotatable bonds is 6. The van der Waals surface area contributed by atoms with Gasteiger partial charge in [0.1, 0.15) is 17.4 Å². The Kier molecular flexibility index (Phi) is 5.13. The van der Waals surface area contributed by atoms with E-state index in [1.807, 2.05) is 0 Å². The standard InChI is InChI=1S/C22H21N7O4/c1-33-16-4-2-3-15(9-16)25-22(32)27-17-10-18(24-14-5-6-14)29-20(26-17)13(11-23-29)7-12-8-19(30)28-21(12)31/h2-4,7,9-11,14,24H,5-6,8H2,1H3,(H,28,30,31)(H2,25,26,27,32)/b12-7+. The summed E-state index contributed by atoms with van der Waals surface area (Å²) < 4.78 is 6.79. The first-order valence-corrected chi connectivity index (χ1v) is 10.4. The molecule has 11 heteroatoms. The molecule has 1 saturated carbocycles. The van der Waals surface area contributed by atoms with Crippen molar-refractivity contribution in [2.75, 3.05) is 23.1 Å². The summed E-state index contributed by atoms with van der Waals surface area (Å²) in [4.78, 5) is 40.6. The second-order valence-electron chi connectivity index (χ2n) is 7.82. The molecule has 0 atom stereocenters. The number of hydrogen-bond donors (Lipinski definition) is 4. The number of carbonyl (C=O) groups is 3. The predicted octanol–water partition coefficient (Wildman–Crippen LogP) is 2.39. The van der Waals surface area contributed by atoms with Gasteiger partial charge in [-0.05, 0) is 31.1 Å². The normalized spacial score (nSPS) is 16.7. The molecule has 2 aliphatic rings. The van der Waals surface area contributed by atoms with Gasteiger partial charge in [-0.15, -0.1) is 0 Å². The lowest BCUT2D eigenvalue weighted by molar-refractivity contribution is -0.124. The zero-order valence-corrected chi connectivity index (χ0v) is 17.7. The number of imide groups is 1. The second kappa shape index (κ2) is 8.26. The molecule has 3 aromatic rings. The van der Waals surface area contributed by atoms with Crippen LogP contribution in [-0.2, 0) is 9.59 Å². The molecular formula is C22H21N7O4. The molecule has 2 fully saturated rings. The minimum atomic E-state index is -0.474. The van der Waals surface area contributed by atoms with Gasteiger partial charge < -0.3 is 15.4 Å². The Morgan fingerprint density at radius 1 is 1.24 bits per heavy atom. The summed E-state index contributed by atoms with van der Waals surface area (Å²) in [6, 6.07) is 8.55. The Balaban J connectivity index is 1.45. The average Bonchev–Trinajstić information content (AvgIpc) is 3.42. The van der Waals surface area contributed by atoms with Crippen molar-refractivity contribution in [3.05, 3.63) is 47.7 Å². The van der Waals surface area contributed by atoms with Crippen LogP contribution >= 0.6 is 0 Å². The molecule has 0 unspecified atom stereocenters. The molecule has 1 aliphatic heterocycles. The SMILES string of the molecule is COc1cccc(NC(=O)Nc2cc(NC3CC3)n3ncc(/C=C4\CC(=O)NC4=O)c3n2)c1. The van der Waals surface area contributed by atoms with Gasteiger partial charge in [-0.3, -0.25) is 20.2 Å². The van der Waals surface area contributed by atoms with Crippen LogP contribution in [0.2, 0.25) is 0 Å². The van der Waals surface area contributed by atoms with E-state index in [2.05, 4.69) is 31.3 Å². The van der Waals surface area contributed by atoms with Gasteiger partial charge in [0.15, 0.2) is 5.65 Å². The number of nitrogens with zero attached hydrogens (tertiary/aromatic N) is 3. The van der Waals surface area contributed by atoms with Gasteiger partial charge >= 0.3 is 6.03 Å². The van der Waals surface area contributed by atoms with Crippen molar-refractivity contribution in [1.29, 1.82) is 0 Å². The molecule has 168 valence electrons. The van der Waals surface area contributed by atoms with E-state index in [4.69, 9.17) is 4.74 Å². The molecule has 4 amide bonds. The lowest BCUT2D eigenvalue weighted by Gasteiger charge is -2.12. The summed E-state index contributed by atoms with van der Waals surface area (Å²) in [7, 11) is 1.55. The Hall–Kier alpha value is -4.41. The van der Waals surface area contributed by atoms with E-state index in [0.717, 1.165) is 12.8 Å². The molecule has 11 nitrogen and oxygen atoms in total. The van der Waals surface area contributed by atoms with Gasteiger partial charge in [0.25, 0.3) is 5.91 Å². The number of anilines is 3. The number of fused-ring (bicyclic) bond motifs is 1. The van der Waals surface area contributed by atoms with Crippen LogP contribution in [0.25, 0.3) is 11.7 Å².